The van der Waals surface area contributed by atoms with E-state index in [0.29, 0.717) is 0 Å². The molecule has 124 valence electrons. The predicted molar refractivity (Wildman–Crippen MR) is 101 cm³/mol. The summed E-state index contributed by atoms with van der Waals surface area (Å²) in [5.41, 5.74) is 10.8. The molecule has 2 heterocycles. The van der Waals surface area contributed by atoms with Crippen molar-refractivity contribution in [2.75, 3.05) is 19.6 Å². The van der Waals surface area contributed by atoms with Gasteiger partial charge in [-0.2, -0.15) is 0 Å². The number of fused-ring (bicyclic) bond motifs is 3. The molecular formula is C20H22ClN3. The molecule has 0 amide bonds. The number of nitrogens with zero attached hydrogens (tertiary/aromatic N) is 2. The zero-order chi connectivity index (χ0) is 16.5. The van der Waals surface area contributed by atoms with Gasteiger partial charge in [-0.15, -0.1) is 0 Å². The molecule has 0 atom stereocenters. The van der Waals surface area contributed by atoms with Crippen molar-refractivity contribution in [1.82, 2.24) is 9.47 Å². The molecule has 0 bridgehead atoms. The summed E-state index contributed by atoms with van der Waals surface area (Å²) in [6.45, 7) is 4.85. The number of halogens is 1. The summed E-state index contributed by atoms with van der Waals surface area (Å²) < 4.78 is 2.47. The summed E-state index contributed by atoms with van der Waals surface area (Å²) in [5, 5.41) is 2.11. The highest BCUT2D eigenvalue weighted by atomic mass is 35.5. The quantitative estimate of drug-likeness (QED) is 0.775. The standard InChI is InChI=1S/C20H22ClN3/c21-17-8-3-1-6-15(17)20-16-7-2-4-9-18(16)24-13-12-23(11-5-10-22)14-19(20)24/h1-4,6-9H,5,10-14,22H2. The molecule has 0 radical (unpaired) electrons. The number of hydrogen-bond donors (Lipinski definition) is 1. The molecule has 1 aliphatic rings. The second-order valence-electron chi connectivity index (χ2n) is 6.39. The van der Waals surface area contributed by atoms with Gasteiger partial charge in [0.25, 0.3) is 0 Å². The maximum atomic E-state index is 6.54. The summed E-state index contributed by atoms with van der Waals surface area (Å²) in [5.74, 6) is 0. The van der Waals surface area contributed by atoms with E-state index in [-0.39, 0.29) is 0 Å². The van der Waals surface area contributed by atoms with Crippen molar-refractivity contribution in [2.45, 2.75) is 19.5 Å². The normalized spacial score (nSPS) is 14.9. The molecule has 4 rings (SSSR count). The van der Waals surface area contributed by atoms with Gasteiger partial charge in [0.2, 0.25) is 0 Å². The van der Waals surface area contributed by atoms with E-state index >= 15 is 0 Å². The Labute approximate surface area is 147 Å². The Morgan fingerprint density at radius 2 is 1.79 bits per heavy atom. The van der Waals surface area contributed by atoms with Gasteiger partial charge in [-0.1, -0.05) is 48.0 Å². The van der Waals surface area contributed by atoms with Crippen LogP contribution >= 0.6 is 11.6 Å². The molecule has 24 heavy (non-hydrogen) atoms. The molecule has 0 aliphatic carbocycles. The maximum Gasteiger partial charge on any atom is 0.0489 e. The van der Waals surface area contributed by atoms with E-state index in [4.69, 9.17) is 17.3 Å². The Bertz CT molecular complexity index is 868. The first-order valence-electron chi connectivity index (χ1n) is 8.57. The van der Waals surface area contributed by atoms with Crippen molar-refractivity contribution in [1.29, 1.82) is 0 Å². The first kappa shape index (κ1) is 15.7. The minimum absolute atomic E-state index is 0.747. The van der Waals surface area contributed by atoms with Crippen LogP contribution in [0.3, 0.4) is 0 Å². The third-order valence-corrected chi connectivity index (χ3v) is 5.24. The Morgan fingerprint density at radius 3 is 2.62 bits per heavy atom. The number of benzene rings is 2. The zero-order valence-corrected chi connectivity index (χ0v) is 14.5. The largest absolute Gasteiger partial charge is 0.341 e. The average Bonchev–Trinajstić information content (AvgIpc) is 2.94. The van der Waals surface area contributed by atoms with Gasteiger partial charge in [-0.3, -0.25) is 4.90 Å². The molecular weight excluding hydrogens is 318 g/mol. The fraction of sp³-hybridized carbons (Fsp3) is 0.300. The van der Waals surface area contributed by atoms with Crippen LogP contribution in [0, 0.1) is 0 Å². The van der Waals surface area contributed by atoms with Gasteiger partial charge >= 0.3 is 0 Å². The number of para-hydroxylation sites is 1. The number of rotatable bonds is 4. The molecule has 0 fully saturated rings. The highest BCUT2D eigenvalue weighted by molar-refractivity contribution is 6.33. The molecule has 0 unspecified atom stereocenters. The highest BCUT2D eigenvalue weighted by Gasteiger charge is 2.24. The Balaban J connectivity index is 1.88. The predicted octanol–water partition coefficient (Wildman–Crippen LogP) is 4.13. The third kappa shape index (κ3) is 2.63. The molecule has 3 aromatic rings. The van der Waals surface area contributed by atoms with Crippen LogP contribution in [0.1, 0.15) is 12.1 Å². The molecule has 0 saturated heterocycles. The van der Waals surface area contributed by atoms with E-state index in [9.17, 15) is 0 Å². The second-order valence-corrected chi connectivity index (χ2v) is 6.80. The summed E-state index contributed by atoms with van der Waals surface area (Å²) in [6, 6.07) is 16.8. The van der Waals surface area contributed by atoms with Crippen LogP contribution in [0.15, 0.2) is 48.5 Å². The SMILES string of the molecule is NCCCN1CCn2c(c(-c3ccccc3Cl)c3ccccc32)C1. The van der Waals surface area contributed by atoms with Crippen LogP contribution in [0.2, 0.25) is 5.02 Å². The summed E-state index contributed by atoms with van der Waals surface area (Å²) in [7, 11) is 0. The van der Waals surface area contributed by atoms with Crippen LogP contribution in [0.4, 0.5) is 0 Å². The van der Waals surface area contributed by atoms with E-state index in [1.54, 1.807) is 0 Å². The maximum absolute atomic E-state index is 6.54. The van der Waals surface area contributed by atoms with E-state index in [1.165, 1.54) is 22.2 Å². The topological polar surface area (TPSA) is 34.2 Å². The van der Waals surface area contributed by atoms with Crippen molar-refractivity contribution in [3.05, 3.63) is 59.2 Å². The molecule has 2 N–H and O–H groups in total. The van der Waals surface area contributed by atoms with Gasteiger partial charge in [0.15, 0.2) is 0 Å². The summed E-state index contributed by atoms with van der Waals surface area (Å²) >= 11 is 6.54. The molecule has 0 spiro atoms. The molecule has 3 nitrogen and oxygen atoms in total. The lowest BCUT2D eigenvalue weighted by Crippen LogP contribution is -2.35. The number of nitrogens with two attached hydrogens (primary N) is 1. The monoisotopic (exact) mass is 339 g/mol. The van der Waals surface area contributed by atoms with Gasteiger partial charge < -0.3 is 10.3 Å². The minimum Gasteiger partial charge on any atom is -0.341 e. The first-order chi connectivity index (χ1) is 11.8. The lowest BCUT2D eigenvalue weighted by molar-refractivity contribution is 0.223. The molecule has 0 saturated carbocycles. The van der Waals surface area contributed by atoms with Crippen molar-refractivity contribution >= 4 is 22.5 Å². The summed E-state index contributed by atoms with van der Waals surface area (Å²) in [6.07, 6.45) is 1.04. The van der Waals surface area contributed by atoms with E-state index in [0.717, 1.165) is 49.7 Å². The van der Waals surface area contributed by atoms with Crippen LogP contribution in [0.5, 0.6) is 0 Å². The van der Waals surface area contributed by atoms with Crippen molar-refractivity contribution in [3.8, 4) is 11.1 Å². The van der Waals surface area contributed by atoms with Gasteiger partial charge in [-0.25, -0.2) is 0 Å². The second kappa shape index (κ2) is 6.60. The Morgan fingerprint density at radius 1 is 1.00 bits per heavy atom. The Hall–Kier alpha value is -1.81. The highest BCUT2D eigenvalue weighted by Crippen LogP contribution is 2.40. The van der Waals surface area contributed by atoms with Crippen LogP contribution in [-0.4, -0.2) is 29.1 Å². The van der Waals surface area contributed by atoms with E-state index < -0.39 is 0 Å². The van der Waals surface area contributed by atoms with Crippen LogP contribution < -0.4 is 5.73 Å². The minimum atomic E-state index is 0.747. The lowest BCUT2D eigenvalue weighted by Gasteiger charge is -2.29. The van der Waals surface area contributed by atoms with Gasteiger partial charge in [0.05, 0.1) is 0 Å². The van der Waals surface area contributed by atoms with Gasteiger partial charge in [0, 0.05) is 52.4 Å². The Kier molecular flexibility index (Phi) is 4.31. The number of hydrogen-bond acceptors (Lipinski definition) is 2. The van der Waals surface area contributed by atoms with E-state index in [1.807, 2.05) is 12.1 Å². The molecule has 4 heteroatoms. The molecule has 1 aromatic heterocycles. The fourth-order valence-electron chi connectivity index (χ4n) is 3.78. The van der Waals surface area contributed by atoms with Crippen molar-refractivity contribution in [2.24, 2.45) is 5.73 Å². The van der Waals surface area contributed by atoms with Crippen molar-refractivity contribution < 1.29 is 0 Å². The van der Waals surface area contributed by atoms with E-state index in [2.05, 4.69) is 45.9 Å². The molecule has 2 aromatic carbocycles. The smallest absolute Gasteiger partial charge is 0.0489 e. The molecule has 1 aliphatic heterocycles. The lowest BCUT2D eigenvalue weighted by atomic mass is 10.0. The van der Waals surface area contributed by atoms with Gasteiger partial charge in [0.1, 0.15) is 0 Å². The van der Waals surface area contributed by atoms with Crippen molar-refractivity contribution in [3.63, 3.8) is 0 Å². The fourth-order valence-corrected chi connectivity index (χ4v) is 4.01. The average molecular weight is 340 g/mol. The summed E-state index contributed by atoms with van der Waals surface area (Å²) in [4.78, 5) is 2.50. The zero-order valence-electron chi connectivity index (χ0n) is 13.7. The third-order valence-electron chi connectivity index (χ3n) is 4.91. The van der Waals surface area contributed by atoms with Crippen LogP contribution in [-0.2, 0) is 13.1 Å². The van der Waals surface area contributed by atoms with Crippen LogP contribution in [0.25, 0.3) is 22.0 Å². The number of aromatic nitrogens is 1. The van der Waals surface area contributed by atoms with Gasteiger partial charge in [-0.05, 0) is 31.6 Å². The first-order valence-corrected chi connectivity index (χ1v) is 8.95.